The van der Waals surface area contributed by atoms with Gasteiger partial charge < -0.3 is 5.32 Å². The van der Waals surface area contributed by atoms with Crippen LogP contribution in [0.5, 0.6) is 0 Å². The number of aromatic nitrogens is 2. The fourth-order valence-electron chi connectivity index (χ4n) is 2.55. The number of nitrogens with one attached hydrogen (secondary N) is 1. The molecule has 0 fully saturated rings. The van der Waals surface area contributed by atoms with Gasteiger partial charge in [-0.3, -0.25) is 4.98 Å². The van der Waals surface area contributed by atoms with Crippen LogP contribution in [0.2, 0.25) is 0 Å². The van der Waals surface area contributed by atoms with Gasteiger partial charge in [-0.05, 0) is 29.7 Å². The van der Waals surface area contributed by atoms with Crippen LogP contribution in [0.15, 0.2) is 36.5 Å². The molecule has 0 aliphatic rings. The Balaban J connectivity index is 2.41. The quantitative estimate of drug-likeness (QED) is 0.672. The van der Waals surface area contributed by atoms with Gasteiger partial charge in [-0.1, -0.05) is 26.8 Å². The molecule has 3 heteroatoms. The summed E-state index contributed by atoms with van der Waals surface area (Å²) in [4.78, 5) is 9.23. The first-order valence-corrected chi connectivity index (χ1v) is 6.87. The van der Waals surface area contributed by atoms with Crippen molar-refractivity contribution in [1.29, 1.82) is 0 Å². The maximum Gasteiger partial charge on any atom is 0.130 e. The molecule has 1 N–H and O–H groups in total. The summed E-state index contributed by atoms with van der Waals surface area (Å²) in [5, 5.41) is 5.49. The summed E-state index contributed by atoms with van der Waals surface area (Å²) < 4.78 is 0. The molecule has 1 aromatic carbocycles. The van der Waals surface area contributed by atoms with Gasteiger partial charge in [0, 0.05) is 29.6 Å². The molecule has 3 aromatic rings. The highest BCUT2D eigenvalue weighted by Gasteiger charge is 2.20. The van der Waals surface area contributed by atoms with Gasteiger partial charge in [-0.2, -0.15) is 0 Å². The van der Waals surface area contributed by atoms with E-state index in [1.807, 2.05) is 19.3 Å². The molecule has 0 aliphatic carbocycles. The van der Waals surface area contributed by atoms with Crippen molar-refractivity contribution in [2.45, 2.75) is 26.2 Å². The molecule has 0 radical (unpaired) electrons. The van der Waals surface area contributed by atoms with Crippen LogP contribution in [-0.2, 0) is 5.41 Å². The molecule has 0 unspecified atom stereocenters. The second kappa shape index (κ2) is 4.44. The van der Waals surface area contributed by atoms with E-state index in [-0.39, 0.29) is 5.41 Å². The maximum atomic E-state index is 4.84. The zero-order valence-electron chi connectivity index (χ0n) is 12.4. The first-order valence-electron chi connectivity index (χ1n) is 6.87. The largest absolute Gasteiger partial charge is 0.373 e. The van der Waals surface area contributed by atoms with Crippen LogP contribution in [0.1, 0.15) is 26.3 Å². The van der Waals surface area contributed by atoms with E-state index >= 15 is 0 Å². The fourth-order valence-corrected chi connectivity index (χ4v) is 2.55. The molecule has 0 atom stereocenters. The second-order valence-corrected chi connectivity index (χ2v) is 6.09. The Hall–Kier alpha value is -2.16. The SMILES string of the molecule is CNc1nc2c(ccc3ncccc32)cc1C(C)(C)C. The Morgan fingerprint density at radius 1 is 1.10 bits per heavy atom. The van der Waals surface area contributed by atoms with Crippen molar-refractivity contribution in [3.8, 4) is 0 Å². The molecule has 0 spiro atoms. The number of hydrogen-bond donors (Lipinski definition) is 1. The monoisotopic (exact) mass is 265 g/mol. The summed E-state index contributed by atoms with van der Waals surface area (Å²) >= 11 is 0. The number of pyridine rings is 2. The summed E-state index contributed by atoms with van der Waals surface area (Å²) in [6.45, 7) is 6.62. The van der Waals surface area contributed by atoms with Gasteiger partial charge in [-0.15, -0.1) is 0 Å². The van der Waals surface area contributed by atoms with Crippen molar-refractivity contribution in [2.24, 2.45) is 0 Å². The molecule has 2 aromatic heterocycles. The fraction of sp³-hybridized carbons (Fsp3) is 0.294. The minimum absolute atomic E-state index is 0.0590. The topological polar surface area (TPSA) is 37.8 Å². The predicted molar refractivity (Wildman–Crippen MR) is 85.3 cm³/mol. The molecule has 0 aliphatic heterocycles. The van der Waals surface area contributed by atoms with Gasteiger partial charge in [-0.25, -0.2) is 4.98 Å². The molecule has 2 heterocycles. The van der Waals surface area contributed by atoms with Gasteiger partial charge in [0.25, 0.3) is 0 Å². The zero-order chi connectivity index (χ0) is 14.3. The lowest BCUT2D eigenvalue weighted by Crippen LogP contribution is -2.15. The van der Waals surface area contributed by atoms with E-state index in [0.29, 0.717) is 0 Å². The van der Waals surface area contributed by atoms with E-state index in [0.717, 1.165) is 27.6 Å². The summed E-state index contributed by atoms with van der Waals surface area (Å²) in [6.07, 6.45) is 1.82. The Morgan fingerprint density at radius 3 is 2.60 bits per heavy atom. The van der Waals surface area contributed by atoms with Crippen LogP contribution in [0.25, 0.3) is 21.8 Å². The molecule has 0 saturated carbocycles. The number of rotatable bonds is 1. The number of anilines is 1. The van der Waals surface area contributed by atoms with Gasteiger partial charge in [0.1, 0.15) is 5.82 Å². The van der Waals surface area contributed by atoms with Gasteiger partial charge in [0.2, 0.25) is 0 Å². The number of nitrogens with zero attached hydrogens (tertiary/aromatic N) is 2. The molecule has 0 saturated heterocycles. The second-order valence-electron chi connectivity index (χ2n) is 6.09. The molecule has 3 rings (SSSR count). The zero-order valence-corrected chi connectivity index (χ0v) is 12.4. The van der Waals surface area contributed by atoms with E-state index < -0.39 is 0 Å². The lowest BCUT2D eigenvalue weighted by Gasteiger charge is -2.22. The lowest BCUT2D eigenvalue weighted by atomic mass is 9.86. The first-order chi connectivity index (χ1) is 9.50. The summed E-state index contributed by atoms with van der Waals surface area (Å²) in [5.74, 6) is 0.946. The summed E-state index contributed by atoms with van der Waals surface area (Å²) in [5.41, 5.74) is 3.28. The lowest BCUT2D eigenvalue weighted by molar-refractivity contribution is 0.591. The molecule has 0 amide bonds. The smallest absolute Gasteiger partial charge is 0.130 e. The Morgan fingerprint density at radius 2 is 1.90 bits per heavy atom. The molecular formula is C17H19N3. The highest BCUT2D eigenvalue weighted by molar-refractivity contribution is 6.04. The normalized spacial score (nSPS) is 12.0. The van der Waals surface area contributed by atoms with Gasteiger partial charge >= 0.3 is 0 Å². The summed E-state index contributed by atoms with van der Waals surface area (Å²) in [7, 11) is 1.92. The molecule has 102 valence electrons. The Kier molecular flexibility index (Phi) is 2.85. The minimum Gasteiger partial charge on any atom is -0.373 e. The predicted octanol–water partition coefficient (Wildman–Crippen LogP) is 4.12. The van der Waals surface area contributed by atoms with Crippen LogP contribution in [-0.4, -0.2) is 17.0 Å². The van der Waals surface area contributed by atoms with E-state index in [1.165, 1.54) is 5.56 Å². The molecule has 3 nitrogen and oxygen atoms in total. The van der Waals surface area contributed by atoms with Crippen molar-refractivity contribution in [3.63, 3.8) is 0 Å². The average molecular weight is 265 g/mol. The average Bonchev–Trinajstić information content (AvgIpc) is 2.44. The van der Waals surface area contributed by atoms with Crippen LogP contribution < -0.4 is 5.32 Å². The highest BCUT2D eigenvalue weighted by Crippen LogP contribution is 2.33. The molecule has 0 bridgehead atoms. The first kappa shape index (κ1) is 12.9. The van der Waals surface area contributed by atoms with Crippen LogP contribution in [0.3, 0.4) is 0 Å². The maximum absolute atomic E-state index is 4.84. The third-order valence-corrected chi connectivity index (χ3v) is 3.61. The third kappa shape index (κ3) is 1.99. The number of benzene rings is 1. The molecular weight excluding hydrogens is 246 g/mol. The van der Waals surface area contributed by atoms with E-state index in [2.05, 4.69) is 55.3 Å². The Bertz CT molecular complexity index is 785. The van der Waals surface area contributed by atoms with E-state index in [9.17, 15) is 0 Å². The van der Waals surface area contributed by atoms with E-state index in [4.69, 9.17) is 4.98 Å². The van der Waals surface area contributed by atoms with Gasteiger partial charge in [0.05, 0.1) is 11.0 Å². The number of hydrogen-bond acceptors (Lipinski definition) is 3. The van der Waals surface area contributed by atoms with Crippen molar-refractivity contribution in [2.75, 3.05) is 12.4 Å². The van der Waals surface area contributed by atoms with Crippen molar-refractivity contribution in [1.82, 2.24) is 9.97 Å². The van der Waals surface area contributed by atoms with Crippen LogP contribution in [0, 0.1) is 0 Å². The Labute approximate surface area is 119 Å². The minimum atomic E-state index is 0.0590. The summed E-state index contributed by atoms with van der Waals surface area (Å²) in [6, 6.07) is 10.4. The third-order valence-electron chi connectivity index (χ3n) is 3.61. The van der Waals surface area contributed by atoms with Crippen molar-refractivity contribution >= 4 is 27.6 Å². The molecule has 20 heavy (non-hydrogen) atoms. The van der Waals surface area contributed by atoms with Gasteiger partial charge in [0.15, 0.2) is 0 Å². The van der Waals surface area contributed by atoms with E-state index in [1.54, 1.807) is 0 Å². The van der Waals surface area contributed by atoms with Crippen molar-refractivity contribution in [3.05, 3.63) is 42.1 Å². The van der Waals surface area contributed by atoms with Crippen LogP contribution in [0.4, 0.5) is 5.82 Å². The van der Waals surface area contributed by atoms with Crippen molar-refractivity contribution < 1.29 is 0 Å². The highest BCUT2D eigenvalue weighted by atomic mass is 15.0. The standard InChI is InChI=1S/C17H19N3/c1-17(2,3)13-10-11-7-8-14-12(6-5-9-19-14)15(11)20-16(13)18-4/h5-10H,1-4H3,(H,18,20). The number of fused-ring (bicyclic) bond motifs is 3. The van der Waals surface area contributed by atoms with Crippen LogP contribution >= 0.6 is 0 Å².